The third-order valence-electron chi connectivity index (χ3n) is 3.47. The van der Waals surface area contributed by atoms with Crippen molar-refractivity contribution in [3.8, 4) is 11.5 Å². The fourth-order valence-electron chi connectivity index (χ4n) is 2.21. The van der Waals surface area contributed by atoms with Crippen molar-refractivity contribution >= 4 is 17.8 Å². The molecule has 0 spiro atoms. The van der Waals surface area contributed by atoms with E-state index in [4.69, 9.17) is 9.47 Å². The lowest BCUT2D eigenvalue weighted by Gasteiger charge is -2.09. The van der Waals surface area contributed by atoms with Crippen molar-refractivity contribution in [1.82, 2.24) is 5.43 Å². The molecule has 0 heterocycles. The number of nitrogens with one attached hydrogen (secondary N) is 2. The third-order valence-corrected chi connectivity index (χ3v) is 3.47. The number of hydrogen-bond donors (Lipinski definition) is 2. The number of carbonyl (C=O) groups is 1. The van der Waals surface area contributed by atoms with Gasteiger partial charge in [-0.15, -0.1) is 0 Å². The van der Waals surface area contributed by atoms with Crippen LogP contribution in [0.15, 0.2) is 47.6 Å². The summed E-state index contributed by atoms with van der Waals surface area (Å²) in [6.45, 7) is 4.58. The molecule has 0 unspecified atom stereocenters. The lowest BCUT2D eigenvalue weighted by molar-refractivity contribution is -0.119. The molecule has 0 aliphatic carbocycles. The lowest BCUT2D eigenvalue weighted by Crippen LogP contribution is -2.26. The van der Waals surface area contributed by atoms with Gasteiger partial charge in [0, 0.05) is 5.69 Å². The van der Waals surface area contributed by atoms with E-state index in [2.05, 4.69) is 15.8 Å². The summed E-state index contributed by atoms with van der Waals surface area (Å²) in [6.07, 6.45) is 1.56. The Morgan fingerprint density at radius 2 is 2.00 bits per heavy atom. The van der Waals surface area contributed by atoms with Gasteiger partial charge in [-0.3, -0.25) is 4.79 Å². The van der Waals surface area contributed by atoms with Gasteiger partial charge < -0.3 is 14.8 Å². The second-order valence-electron chi connectivity index (χ2n) is 5.30. The number of aryl methyl sites for hydroxylation is 1. The van der Waals surface area contributed by atoms with Crippen LogP contribution >= 0.6 is 0 Å². The quantitative estimate of drug-likeness (QED) is 0.572. The van der Waals surface area contributed by atoms with Gasteiger partial charge in [-0.2, -0.15) is 5.10 Å². The first-order valence-corrected chi connectivity index (χ1v) is 8.06. The maximum absolute atomic E-state index is 11.9. The Bertz CT molecular complexity index is 744. The molecular formula is C19H23N3O3. The van der Waals surface area contributed by atoms with Crippen LogP contribution < -0.4 is 20.2 Å². The number of hydrogen-bond acceptors (Lipinski definition) is 5. The molecule has 25 heavy (non-hydrogen) atoms. The standard InChI is InChI=1S/C19H23N3O3/c1-4-25-18-11-15(9-10-17(18)24-3)12-21-22-19(23)13-20-16-8-6-5-7-14(16)2/h5-12,20H,4,13H2,1-3H3,(H,22,23). The molecule has 0 bridgehead atoms. The zero-order chi connectivity index (χ0) is 18.1. The van der Waals surface area contributed by atoms with Crippen molar-refractivity contribution in [3.05, 3.63) is 53.6 Å². The van der Waals surface area contributed by atoms with Crippen LogP contribution in [0.4, 0.5) is 5.69 Å². The topological polar surface area (TPSA) is 72.0 Å². The molecule has 0 aromatic heterocycles. The molecule has 0 aliphatic heterocycles. The molecule has 0 saturated carbocycles. The number of rotatable bonds is 8. The van der Waals surface area contributed by atoms with E-state index in [1.807, 2.05) is 50.2 Å². The van der Waals surface area contributed by atoms with E-state index >= 15 is 0 Å². The average molecular weight is 341 g/mol. The molecule has 1 amide bonds. The normalized spacial score (nSPS) is 10.5. The van der Waals surface area contributed by atoms with Crippen molar-refractivity contribution in [2.45, 2.75) is 13.8 Å². The van der Waals surface area contributed by atoms with Crippen molar-refractivity contribution < 1.29 is 14.3 Å². The van der Waals surface area contributed by atoms with E-state index in [9.17, 15) is 4.79 Å². The Hall–Kier alpha value is -3.02. The predicted molar refractivity (Wildman–Crippen MR) is 99.6 cm³/mol. The number of ether oxygens (including phenoxy) is 2. The van der Waals surface area contributed by atoms with E-state index in [0.29, 0.717) is 18.1 Å². The van der Waals surface area contributed by atoms with Gasteiger partial charge in [0.05, 0.1) is 26.5 Å². The molecule has 0 fully saturated rings. The molecule has 132 valence electrons. The SMILES string of the molecule is CCOc1cc(C=NNC(=O)CNc2ccccc2C)ccc1OC. The highest BCUT2D eigenvalue weighted by Gasteiger charge is 2.04. The minimum atomic E-state index is -0.224. The predicted octanol–water partition coefficient (Wildman–Crippen LogP) is 2.96. The summed E-state index contributed by atoms with van der Waals surface area (Å²) in [6, 6.07) is 13.2. The van der Waals surface area contributed by atoms with Gasteiger partial charge >= 0.3 is 0 Å². The summed E-state index contributed by atoms with van der Waals surface area (Å²) >= 11 is 0. The van der Waals surface area contributed by atoms with Crippen molar-refractivity contribution in [2.24, 2.45) is 5.10 Å². The van der Waals surface area contributed by atoms with Crippen LogP contribution in [-0.4, -0.2) is 32.4 Å². The summed E-state index contributed by atoms with van der Waals surface area (Å²) in [5.41, 5.74) is 5.31. The second kappa shape index (κ2) is 9.32. The molecule has 0 saturated heterocycles. The molecule has 0 atom stereocenters. The van der Waals surface area contributed by atoms with Gasteiger partial charge in [-0.1, -0.05) is 18.2 Å². The smallest absolute Gasteiger partial charge is 0.259 e. The number of para-hydroxylation sites is 1. The molecule has 2 aromatic rings. The van der Waals surface area contributed by atoms with E-state index in [0.717, 1.165) is 16.8 Å². The monoisotopic (exact) mass is 341 g/mol. The van der Waals surface area contributed by atoms with Gasteiger partial charge in [0.2, 0.25) is 0 Å². The van der Waals surface area contributed by atoms with Crippen LogP contribution in [0.25, 0.3) is 0 Å². The summed E-state index contributed by atoms with van der Waals surface area (Å²) in [4.78, 5) is 11.9. The molecule has 6 heteroatoms. The van der Waals surface area contributed by atoms with E-state index < -0.39 is 0 Å². The first-order chi connectivity index (χ1) is 12.1. The first-order valence-electron chi connectivity index (χ1n) is 8.06. The number of benzene rings is 2. The minimum Gasteiger partial charge on any atom is -0.493 e. The van der Waals surface area contributed by atoms with E-state index in [1.54, 1.807) is 19.4 Å². The van der Waals surface area contributed by atoms with Crippen LogP contribution in [0, 0.1) is 6.92 Å². The van der Waals surface area contributed by atoms with Gasteiger partial charge in [-0.05, 0) is 49.2 Å². The number of hydrazone groups is 1. The number of anilines is 1. The van der Waals surface area contributed by atoms with Crippen molar-refractivity contribution in [1.29, 1.82) is 0 Å². The average Bonchev–Trinajstić information content (AvgIpc) is 2.61. The van der Waals surface area contributed by atoms with Gasteiger partial charge in [0.25, 0.3) is 5.91 Å². The van der Waals surface area contributed by atoms with Gasteiger partial charge in [0.1, 0.15) is 0 Å². The fourth-order valence-corrected chi connectivity index (χ4v) is 2.21. The molecular weight excluding hydrogens is 318 g/mol. The second-order valence-corrected chi connectivity index (χ2v) is 5.30. The summed E-state index contributed by atoms with van der Waals surface area (Å²) in [5.74, 6) is 1.07. The van der Waals surface area contributed by atoms with Crippen LogP contribution in [0.1, 0.15) is 18.1 Å². The summed E-state index contributed by atoms with van der Waals surface area (Å²) in [5, 5.41) is 7.05. The highest BCUT2D eigenvalue weighted by Crippen LogP contribution is 2.27. The van der Waals surface area contributed by atoms with Crippen LogP contribution in [0.5, 0.6) is 11.5 Å². The zero-order valence-electron chi connectivity index (χ0n) is 14.7. The highest BCUT2D eigenvalue weighted by atomic mass is 16.5. The number of methoxy groups -OCH3 is 1. The van der Waals surface area contributed by atoms with Crippen molar-refractivity contribution in [3.63, 3.8) is 0 Å². The van der Waals surface area contributed by atoms with Crippen LogP contribution in [0.3, 0.4) is 0 Å². The first kappa shape index (κ1) is 18.3. The maximum atomic E-state index is 11.9. The molecule has 0 aliphatic rings. The third kappa shape index (κ3) is 5.53. The Labute approximate surface area is 147 Å². The minimum absolute atomic E-state index is 0.148. The number of nitrogens with zero attached hydrogens (tertiary/aromatic N) is 1. The van der Waals surface area contributed by atoms with E-state index in [-0.39, 0.29) is 12.5 Å². The highest BCUT2D eigenvalue weighted by molar-refractivity contribution is 5.85. The molecule has 2 aromatic carbocycles. The molecule has 2 rings (SSSR count). The summed E-state index contributed by atoms with van der Waals surface area (Å²) < 4.78 is 10.7. The van der Waals surface area contributed by atoms with Gasteiger partial charge in [-0.25, -0.2) is 5.43 Å². The Morgan fingerprint density at radius 1 is 1.20 bits per heavy atom. The van der Waals surface area contributed by atoms with E-state index in [1.165, 1.54) is 0 Å². The van der Waals surface area contributed by atoms with Crippen LogP contribution in [-0.2, 0) is 4.79 Å². The van der Waals surface area contributed by atoms with Crippen molar-refractivity contribution in [2.75, 3.05) is 25.6 Å². The number of amides is 1. The Balaban J connectivity index is 1.88. The summed E-state index contributed by atoms with van der Waals surface area (Å²) in [7, 11) is 1.59. The maximum Gasteiger partial charge on any atom is 0.259 e. The Kier molecular flexibility index (Phi) is 6.83. The largest absolute Gasteiger partial charge is 0.493 e. The zero-order valence-corrected chi connectivity index (χ0v) is 14.7. The fraction of sp³-hybridized carbons (Fsp3) is 0.263. The van der Waals surface area contributed by atoms with Gasteiger partial charge in [0.15, 0.2) is 11.5 Å². The number of carbonyl (C=O) groups excluding carboxylic acids is 1. The van der Waals surface area contributed by atoms with Crippen LogP contribution in [0.2, 0.25) is 0 Å². The lowest BCUT2D eigenvalue weighted by atomic mass is 10.2. The Morgan fingerprint density at radius 3 is 2.72 bits per heavy atom. The molecule has 0 radical (unpaired) electrons. The molecule has 6 nitrogen and oxygen atoms in total. The molecule has 2 N–H and O–H groups in total.